The molecule has 0 aromatic heterocycles. The van der Waals surface area contributed by atoms with E-state index < -0.39 is 0 Å². The topological polar surface area (TPSA) is 65.0 Å². The number of rotatable bonds is 6. The second-order valence-corrected chi connectivity index (χ2v) is 5.25. The molecule has 0 aliphatic carbocycles. The second-order valence-electron chi connectivity index (χ2n) is 5.25. The van der Waals surface area contributed by atoms with Crippen LogP contribution in [0.4, 0.5) is 0 Å². The number of nitrogens with zero attached hydrogens (tertiary/aromatic N) is 1. The van der Waals surface area contributed by atoms with Crippen molar-refractivity contribution < 1.29 is 14.3 Å². The summed E-state index contributed by atoms with van der Waals surface area (Å²) in [7, 11) is 3.25. The average Bonchev–Trinajstić information content (AvgIpc) is 2.61. The lowest BCUT2D eigenvalue weighted by Crippen LogP contribution is -2.12. The Hall–Kier alpha value is -2.27. The first-order valence-electron chi connectivity index (χ1n) is 8.12. The van der Waals surface area contributed by atoms with Gasteiger partial charge in [-0.1, -0.05) is 42.0 Å². The highest BCUT2D eigenvalue weighted by Crippen LogP contribution is 2.17. The number of benzene rings is 1. The first-order valence-corrected chi connectivity index (χ1v) is 8.12. The minimum Gasteiger partial charge on any atom is -0.466 e. The molecule has 140 valence electrons. The lowest BCUT2D eigenvalue weighted by molar-refractivity contribution is -0.144. The molecular formula is C20H31NO4. The van der Waals surface area contributed by atoms with Crippen molar-refractivity contribution in [2.24, 2.45) is 5.18 Å². The summed E-state index contributed by atoms with van der Waals surface area (Å²) in [5, 5.41) is 2.69. The highest BCUT2D eigenvalue weighted by Gasteiger charge is 2.15. The molecule has 0 aliphatic rings. The van der Waals surface area contributed by atoms with Crippen LogP contribution < -0.4 is 0 Å². The summed E-state index contributed by atoms with van der Waals surface area (Å²) in [5.41, 5.74) is 2.73. The van der Waals surface area contributed by atoms with Gasteiger partial charge in [0.05, 0.1) is 18.2 Å². The van der Waals surface area contributed by atoms with E-state index in [1.807, 2.05) is 45.0 Å². The Morgan fingerprint density at radius 3 is 2.20 bits per heavy atom. The van der Waals surface area contributed by atoms with E-state index in [1.165, 1.54) is 5.56 Å². The van der Waals surface area contributed by atoms with Crippen molar-refractivity contribution in [2.45, 2.75) is 40.0 Å². The van der Waals surface area contributed by atoms with E-state index in [4.69, 9.17) is 4.74 Å². The van der Waals surface area contributed by atoms with Crippen LogP contribution in [-0.2, 0) is 14.3 Å². The highest BCUT2D eigenvalue weighted by atomic mass is 16.5. The van der Waals surface area contributed by atoms with E-state index in [2.05, 4.69) is 16.5 Å². The fraction of sp³-hybridized carbons (Fsp3) is 0.450. The van der Waals surface area contributed by atoms with E-state index in [9.17, 15) is 9.70 Å². The molecule has 1 unspecified atom stereocenters. The van der Waals surface area contributed by atoms with E-state index >= 15 is 0 Å². The van der Waals surface area contributed by atoms with Gasteiger partial charge in [-0.25, -0.2) is 0 Å². The third-order valence-electron chi connectivity index (χ3n) is 2.94. The molecule has 0 spiro atoms. The number of aryl methyl sites for hydroxylation is 1. The molecule has 0 saturated carbocycles. The number of ether oxygens (including phenoxy) is 2. The molecule has 0 N–H and O–H groups in total. The Morgan fingerprint density at radius 2 is 1.80 bits per heavy atom. The van der Waals surface area contributed by atoms with Crippen LogP contribution in [-0.4, -0.2) is 26.8 Å². The van der Waals surface area contributed by atoms with Gasteiger partial charge in [0.1, 0.15) is 0 Å². The van der Waals surface area contributed by atoms with Crippen molar-refractivity contribution in [3.8, 4) is 0 Å². The Morgan fingerprint density at radius 1 is 1.28 bits per heavy atom. The summed E-state index contributed by atoms with van der Waals surface area (Å²) < 4.78 is 9.20. The van der Waals surface area contributed by atoms with Crippen LogP contribution in [0.3, 0.4) is 0 Å². The lowest BCUT2D eigenvalue weighted by Gasteiger charge is -2.10. The van der Waals surface area contributed by atoms with Crippen molar-refractivity contribution >= 4 is 5.97 Å². The molecule has 0 radical (unpaired) electrons. The van der Waals surface area contributed by atoms with Crippen LogP contribution >= 0.6 is 0 Å². The maximum absolute atomic E-state index is 11.4. The molecule has 0 fully saturated rings. The smallest absolute Gasteiger partial charge is 0.313 e. The number of methoxy groups -OCH3 is 1. The first kappa shape index (κ1) is 25.0. The molecule has 0 aliphatic heterocycles. The molecular weight excluding hydrogens is 318 g/mol. The summed E-state index contributed by atoms with van der Waals surface area (Å²) in [6.07, 6.45) is 4.16. The Bertz CT molecular complexity index is 521. The normalized spacial score (nSPS) is 11.0. The molecule has 1 rings (SSSR count). The number of nitroso groups, excluding NO2 is 1. The maximum Gasteiger partial charge on any atom is 0.313 e. The Kier molecular flexibility index (Phi) is 16.6. The maximum atomic E-state index is 11.4. The second kappa shape index (κ2) is 16.6. The zero-order chi connectivity index (χ0) is 19.7. The van der Waals surface area contributed by atoms with Gasteiger partial charge in [-0.15, -0.1) is 11.5 Å². The molecule has 5 nitrogen and oxygen atoms in total. The number of hydrogen-bond acceptors (Lipinski definition) is 5. The van der Waals surface area contributed by atoms with Crippen molar-refractivity contribution in [2.75, 3.05) is 20.8 Å². The van der Waals surface area contributed by atoms with Crippen molar-refractivity contribution in [1.29, 1.82) is 0 Å². The first-order chi connectivity index (χ1) is 11.9. The molecule has 1 aromatic carbocycles. The van der Waals surface area contributed by atoms with Crippen molar-refractivity contribution in [3.05, 3.63) is 64.7 Å². The zero-order valence-corrected chi connectivity index (χ0v) is 16.2. The molecule has 0 heterocycles. The molecule has 25 heavy (non-hydrogen) atoms. The SMILES string of the molecule is C=CC/C=C(\C)N=O.CCOC(=O)C(C)c1ccc(C)cc1.COC. The van der Waals surface area contributed by atoms with Crippen LogP contribution in [0.25, 0.3) is 0 Å². The predicted octanol–water partition coefficient (Wildman–Crippen LogP) is 5.16. The monoisotopic (exact) mass is 349 g/mol. The van der Waals surface area contributed by atoms with Gasteiger partial charge < -0.3 is 9.47 Å². The summed E-state index contributed by atoms with van der Waals surface area (Å²) in [6.45, 7) is 11.3. The Balaban J connectivity index is 0. The third kappa shape index (κ3) is 13.8. The summed E-state index contributed by atoms with van der Waals surface area (Å²) in [5.74, 6) is -0.327. The van der Waals surface area contributed by atoms with Crippen LogP contribution in [0.15, 0.2) is 53.9 Å². The number of hydrogen-bond donors (Lipinski definition) is 0. The minimum atomic E-state index is -0.171. The fourth-order valence-electron chi connectivity index (χ4n) is 1.55. The number of carbonyl (C=O) groups excluding carboxylic acids is 1. The molecule has 0 saturated heterocycles. The van der Waals surface area contributed by atoms with Crippen LogP contribution in [0.1, 0.15) is 44.2 Å². The van der Waals surface area contributed by atoms with Gasteiger partial charge in [0.25, 0.3) is 0 Å². The quantitative estimate of drug-likeness (QED) is 0.404. The molecule has 1 atom stereocenters. The molecule has 5 heteroatoms. The van der Waals surface area contributed by atoms with Gasteiger partial charge in [-0.2, -0.15) is 0 Å². The predicted molar refractivity (Wildman–Crippen MR) is 104 cm³/mol. The van der Waals surface area contributed by atoms with Crippen LogP contribution in [0.2, 0.25) is 0 Å². The van der Waals surface area contributed by atoms with E-state index in [0.29, 0.717) is 12.3 Å². The summed E-state index contributed by atoms with van der Waals surface area (Å²) in [6, 6.07) is 7.95. The summed E-state index contributed by atoms with van der Waals surface area (Å²) >= 11 is 0. The van der Waals surface area contributed by atoms with Gasteiger partial charge in [0, 0.05) is 14.2 Å². The summed E-state index contributed by atoms with van der Waals surface area (Å²) in [4.78, 5) is 21.1. The third-order valence-corrected chi connectivity index (χ3v) is 2.94. The van der Waals surface area contributed by atoms with Gasteiger partial charge in [0.15, 0.2) is 0 Å². The standard InChI is InChI=1S/C12H16O2.C6H9NO.C2H6O/c1-4-14-12(13)10(3)11-7-5-9(2)6-8-11;1-3-4-5-6(2)7-8;1-3-2/h5-8,10H,4H2,1-3H3;3,5H,1,4H2,2H3;1-2H3/b;6-5+;. The van der Waals surface area contributed by atoms with Crippen LogP contribution in [0.5, 0.6) is 0 Å². The number of esters is 1. The number of carbonyl (C=O) groups is 1. The Labute approximate surface area is 151 Å². The van der Waals surface area contributed by atoms with Crippen LogP contribution in [0, 0.1) is 11.8 Å². The van der Waals surface area contributed by atoms with E-state index in [0.717, 1.165) is 12.0 Å². The van der Waals surface area contributed by atoms with Gasteiger partial charge in [0.2, 0.25) is 0 Å². The van der Waals surface area contributed by atoms with E-state index in [-0.39, 0.29) is 11.9 Å². The average molecular weight is 349 g/mol. The van der Waals surface area contributed by atoms with Crippen molar-refractivity contribution in [1.82, 2.24) is 0 Å². The van der Waals surface area contributed by atoms with Gasteiger partial charge in [-0.05, 0) is 44.9 Å². The zero-order valence-electron chi connectivity index (χ0n) is 16.2. The molecule has 0 amide bonds. The highest BCUT2D eigenvalue weighted by molar-refractivity contribution is 5.77. The van der Waals surface area contributed by atoms with Crippen molar-refractivity contribution in [3.63, 3.8) is 0 Å². The number of allylic oxidation sites excluding steroid dienone is 3. The molecule has 1 aromatic rings. The molecule has 0 bridgehead atoms. The lowest BCUT2D eigenvalue weighted by atomic mass is 10.0. The fourth-order valence-corrected chi connectivity index (χ4v) is 1.55. The largest absolute Gasteiger partial charge is 0.466 e. The minimum absolute atomic E-state index is 0.156. The van der Waals surface area contributed by atoms with Gasteiger partial charge >= 0.3 is 5.97 Å². The van der Waals surface area contributed by atoms with Gasteiger partial charge in [-0.3, -0.25) is 4.79 Å². The van der Waals surface area contributed by atoms with E-state index in [1.54, 1.807) is 33.3 Å².